The average molecular weight is 1960 g/mol. The lowest BCUT2D eigenvalue weighted by atomic mass is 9.87. The highest BCUT2D eigenvalue weighted by atomic mass is 36.0. The predicted molar refractivity (Wildman–Crippen MR) is 550 cm³/mol. The minimum Gasteiger partial charge on any atom is -0.481 e. The smallest absolute Gasteiger partial charge is 0.410 e. The number of aliphatic carboxylic acids is 1. The molecule has 7 heterocycles. The number of nitrogens with zero attached hydrogens (tertiary/aromatic N) is 10. The number of carbonyl (C=O) groups is 5. The van der Waals surface area contributed by atoms with Crippen molar-refractivity contribution in [3.8, 4) is 45.0 Å². The Bertz CT molecular complexity index is 6300. The molecule has 710 valence electrons. The van der Waals surface area contributed by atoms with Crippen molar-refractivity contribution in [3.63, 3.8) is 0 Å². The molecule has 5 fully saturated rings. The van der Waals surface area contributed by atoms with Gasteiger partial charge in [0.15, 0.2) is 5.78 Å². The SMILES string of the molecule is CC(C)(C)OC(=O)N1CCC(N)CC1.ClN1CCC(Nc2nc(-c3ccccc3)c3ccccc3n2)CC1.Clc1nc(-c2ccccc2)c2ccccc2n1.NC(N)=O.Nc1ccccc1C(=O)c1ccccc1.O=C(C1CCCCC1)N1CCC(Nc2nc(-c3ccccc3)c3ccccc3n2)CC1.O=C(O)C1CCCCC1.O=P(Cl)(Cl)Cl.O=c1nc(-c2ccccc2)c2ccccc2[nH]1. The zero-order valence-electron chi connectivity index (χ0n) is 76.3. The minimum absolute atomic E-state index is 0.0289. The molecule has 0 atom stereocenters. The number of anilines is 3. The fourth-order valence-electron chi connectivity index (χ4n) is 16.1. The monoisotopic (exact) mass is 1950 g/mol. The van der Waals surface area contributed by atoms with Crippen molar-refractivity contribution >= 4 is 153 Å². The number of fused-ring (bicyclic) bond motifs is 4. The Hall–Kier alpha value is -12.5. The number of para-hydroxylation sites is 5. The third-order valence-electron chi connectivity index (χ3n) is 22.9. The molecule has 32 heteroatoms. The first-order chi connectivity index (χ1) is 65.5. The molecule has 4 amide bonds. The van der Waals surface area contributed by atoms with Gasteiger partial charge in [0.25, 0.3) is 0 Å². The summed E-state index contributed by atoms with van der Waals surface area (Å²) in [5, 5.41) is 16.8. The van der Waals surface area contributed by atoms with Crippen LogP contribution < -0.4 is 39.3 Å². The lowest BCUT2D eigenvalue weighted by Gasteiger charge is -2.35. The van der Waals surface area contributed by atoms with Gasteiger partial charge in [-0.1, -0.05) is 275 Å². The Labute approximate surface area is 816 Å². The first-order valence-electron chi connectivity index (χ1n) is 45.5. The molecule has 0 radical (unpaired) electrons. The highest BCUT2D eigenvalue weighted by Crippen LogP contribution is 2.61. The molecule has 2 aliphatic carbocycles. The number of carboxylic acids is 1. The molecule has 2 saturated carbocycles. The zero-order valence-corrected chi connectivity index (χ0v) is 80.9. The molecule has 3 saturated heterocycles. The second kappa shape index (κ2) is 52.6. The maximum Gasteiger partial charge on any atom is 0.410 e. The van der Waals surface area contributed by atoms with Crippen molar-refractivity contribution in [1.29, 1.82) is 0 Å². The Kier molecular flexibility index (Phi) is 40.2. The third kappa shape index (κ3) is 33.5. The fraction of sp³-hybridized carbons (Fsp3) is 0.298. The van der Waals surface area contributed by atoms with Crippen LogP contribution in [0.2, 0.25) is 5.28 Å². The predicted octanol–water partition coefficient (Wildman–Crippen LogP) is 23.5. The van der Waals surface area contributed by atoms with E-state index < -0.39 is 22.8 Å². The van der Waals surface area contributed by atoms with E-state index in [-0.39, 0.29) is 40.7 Å². The van der Waals surface area contributed by atoms with Crippen molar-refractivity contribution in [2.24, 2.45) is 29.0 Å². The molecule has 0 unspecified atom stereocenters. The van der Waals surface area contributed by atoms with Gasteiger partial charge in [0.05, 0.1) is 50.8 Å². The molecule has 12 N–H and O–H groups in total. The number of ether oxygens (including phenoxy) is 1. The Morgan fingerprint density at radius 2 is 0.794 bits per heavy atom. The molecule has 136 heavy (non-hydrogen) atoms. The van der Waals surface area contributed by atoms with E-state index in [1.165, 1.54) is 25.7 Å². The number of carboxylic acid groups (broad SMARTS) is 1. The van der Waals surface area contributed by atoms with Gasteiger partial charge in [-0.2, -0.15) is 4.98 Å². The van der Waals surface area contributed by atoms with Gasteiger partial charge in [-0.3, -0.25) is 18.9 Å². The summed E-state index contributed by atoms with van der Waals surface area (Å²) in [7, 11) is 0. The fourth-order valence-corrected chi connectivity index (χ4v) is 16.5. The highest BCUT2D eigenvalue weighted by molar-refractivity contribution is 8.24. The summed E-state index contributed by atoms with van der Waals surface area (Å²) in [6, 6.07) is 88.4. The molecular weight excluding hydrogens is 1840 g/mol. The van der Waals surface area contributed by atoms with E-state index >= 15 is 0 Å². The van der Waals surface area contributed by atoms with Crippen molar-refractivity contribution in [1.82, 2.24) is 54.1 Å². The number of aromatic nitrogens is 8. The van der Waals surface area contributed by atoms with E-state index in [0.29, 0.717) is 46.7 Å². The third-order valence-corrected chi connectivity index (χ3v) is 23.4. The van der Waals surface area contributed by atoms with Crippen LogP contribution in [0.15, 0.2) is 278 Å². The number of halogens is 5. The summed E-state index contributed by atoms with van der Waals surface area (Å²) in [5.74, 6) is 1.35. The molecule has 26 nitrogen and oxygen atoms in total. The van der Waals surface area contributed by atoms with Gasteiger partial charge in [0.2, 0.25) is 23.1 Å². The maximum absolute atomic E-state index is 12.8. The first-order valence-corrected chi connectivity index (χ1v) is 50.6. The lowest BCUT2D eigenvalue weighted by Crippen LogP contribution is -2.45. The molecule has 14 aromatic rings. The minimum atomic E-state index is -3.22. The Morgan fingerprint density at radius 3 is 1.21 bits per heavy atom. The summed E-state index contributed by atoms with van der Waals surface area (Å²) in [4.78, 5) is 106. The van der Waals surface area contributed by atoms with E-state index in [1.807, 2.05) is 238 Å². The number of primary amides is 2. The number of nitrogen functional groups attached to an aromatic ring is 1. The second-order valence-electron chi connectivity index (χ2n) is 34.1. The van der Waals surface area contributed by atoms with Crippen LogP contribution in [-0.2, 0) is 18.9 Å². The largest absolute Gasteiger partial charge is 0.481 e. The van der Waals surface area contributed by atoms with Crippen molar-refractivity contribution in [2.75, 3.05) is 55.6 Å². The van der Waals surface area contributed by atoms with Crippen LogP contribution in [0, 0.1) is 11.8 Å². The number of nitrogens with one attached hydrogen (secondary N) is 3. The maximum atomic E-state index is 12.8. The number of hydrogen-bond acceptors (Lipinski definition) is 20. The van der Waals surface area contributed by atoms with E-state index in [2.05, 4.69) is 117 Å². The van der Waals surface area contributed by atoms with Gasteiger partial charge < -0.3 is 58.2 Å². The molecule has 0 spiro atoms. The Morgan fingerprint density at radius 1 is 0.441 bits per heavy atom. The van der Waals surface area contributed by atoms with E-state index in [4.69, 9.17) is 69.4 Å². The van der Waals surface area contributed by atoms with Crippen molar-refractivity contribution in [3.05, 3.63) is 300 Å². The van der Waals surface area contributed by atoms with Crippen molar-refractivity contribution in [2.45, 2.75) is 147 Å². The van der Waals surface area contributed by atoms with Gasteiger partial charge in [-0.15, -0.1) is 0 Å². The highest BCUT2D eigenvalue weighted by Gasteiger charge is 2.31. The van der Waals surface area contributed by atoms with E-state index in [1.54, 1.807) is 29.2 Å². The number of H-pyrrole nitrogens is 1. The molecule has 19 rings (SSSR count). The van der Waals surface area contributed by atoms with Crippen LogP contribution in [0.3, 0.4) is 0 Å². The van der Waals surface area contributed by atoms with Crippen LogP contribution in [0.4, 0.5) is 27.2 Å². The second-order valence-corrected chi connectivity index (χ2v) is 41.5. The summed E-state index contributed by atoms with van der Waals surface area (Å²) in [6.07, 6.45) is 16.5. The summed E-state index contributed by atoms with van der Waals surface area (Å²) >= 11 is 25.8. The number of hydrogen-bond donors (Lipinski definition) is 8. The van der Waals surface area contributed by atoms with Crippen LogP contribution in [-0.4, -0.2) is 152 Å². The molecule has 3 aliphatic heterocycles. The molecule has 10 aromatic carbocycles. The molecular formula is C104H115Cl5N17O9P. The van der Waals surface area contributed by atoms with Gasteiger partial charge in [0.1, 0.15) is 5.60 Å². The first kappa shape index (κ1) is 104. The number of aromatic amines is 1. The average Bonchev–Trinajstić information content (AvgIpc) is 0.788. The molecule has 4 aromatic heterocycles. The molecule has 5 aliphatic rings. The number of rotatable bonds is 12. The number of urea groups is 1. The summed E-state index contributed by atoms with van der Waals surface area (Å²) in [6.45, 7) is 10.5. The number of ketones is 1. The van der Waals surface area contributed by atoms with E-state index in [0.717, 1.165) is 205 Å². The summed E-state index contributed by atoms with van der Waals surface area (Å²) in [5.41, 5.74) is 32.3. The summed E-state index contributed by atoms with van der Waals surface area (Å²) < 4.78 is 16.6. The number of benzene rings is 10. The van der Waals surface area contributed by atoms with Gasteiger partial charge >= 0.3 is 29.0 Å². The standard InChI is InChI=1S/C26H30N4O.C19H19ClN4.C14H9ClN2.C14H10N2O.C13H11NO.C10H20N2O2.C7H12O2.CH4N2O.Cl3OP/c31-25(20-11-5-2-6-12-20)30-17-15-21(16-18-30)27-26-28-23-14-8-7-13-22(23)24(29-26)19-9-3-1-4-10-19;20-24-12-10-15(11-13-24)21-19-22-17-9-5-4-8-16(17)18(23-19)14-6-2-1-3-7-14;15-14-16-12-9-5-4-8-11(12)13(17-14)10-6-2-1-3-7-10;17-14-15-12-9-5-4-8-11(12)13(16-14)10-6-2-1-3-7-10;14-12-9-5-4-8-11(12)13(15)10-6-2-1-3-7-10;1-10(2,3)14-9(13)12-6-4-8(11)5-7-12;8-7(9)6-4-2-1-3-5-6;2-1(3)4;1-5(2,3)4/h1,3-4,7-10,13-14,20-21H,2,5-6,11-12,15-18H2,(H,27,28,29);1-9,15H,10-13H2,(H,21,22,23);1-9H;1-9H,(H,15,16,17);1-9H,14H2;8H,4-7,11H2,1-3H3;6H,1-5H2,(H,8,9);(H4,2,3,4);. The number of likely N-dealkylation sites (tertiary alicyclic amines) is 2. The van der Waals surface area contributed by atoms with Gasteiger partial charge in [-0.25, -0.2) is 48.7 Å². The number of piperidine rings is 3. The topological polar surface area (TPSA) is 393 Å². The van der Waals surface area contributed by atoms with Crippen molar-refractivity contribution < 1.29 is 38.4 Å². The van der Waals surface area contributed by atoms with Crippen LogP contribution in [0.25, 0.3) is 88.6 Å². The quantitative estimate of drug-likeness (QED) is 0.0185. The van der Waals surface area contributed by atoms with E-state index in [9.17, 15) is 28.5 Å². The number of carbonyl (C=O) groups excluding carboxylic acids is 4. The number of amides is 4. The zero-order chi connectivity index (χ0) is 96.9. The van der Waals surface area contributed by atoms with Crippen LogP contribution in [0.1, 0.15) is 139 Å². The normalized spacial score (nSPS) is 14.9. The van der Waals surface area contributed by atoms with Gasteiger partial charge in [-0.05, 0) is 178 Å². The van der Waals surface area contributed by atoms with Crippen LogP contribution >= 0.6 is 62.3 Å². The van der Waals surface area contributed by atoms with Crippen LogP contribution in [0.5, 0.6) is 0 Å². The lowest BCUT2D eigenvalue weighted by molar-refractivity contribution is -0.142. The van der Waals surface area contributed by atoms with Gasteiger partial charge in [0, 0.05) is 124 Å². The Balaban J connectivity index is 0.000000154. The molecule has 0 bridgehead atoms. The number of nitrogens with two attached hydrogens (primary N) is 4.